The Morgan fingerprint density at radius 3 is 2.83 bits per heavy atom. The summed E-state index contributed by atoms with van der Waals surface area (Å²) in [4.78, 5) is 29.2. The molecule has 1 amide bonds. The molecule has 1 fully saturated rings. The van der Waals surface area contributed by atoms with Gasteiger partial charge in [0.05, 0.1) is 18.3 Å². The van der Waals surface area contributed by atoms with E-state index in [1.165, 1.54) is 10.9 Å². The topological polar surface area (TPSA) is 128 Å². The Morgan fingerprint density at radius 2 is 2.10 bits per heavy atom. The zero-order valence-electron chi connectivity index (χ0n) is 17.0. The maximum absolute atomic E-state index is 12.3. The number of nitrogens with one attached hydrogen (secondary N) is 1. The Balaban J connectivity index is 1.76. The molecular formula is C21H26N6O3. The first-order valence-corrected chi connectivity index (χ1v) is 10.2. The summed E-state index contributed by atoms with van der Waals surface area (Å²) < 4.78 is 3.71. The molecule has 0 atom stereocenters. The second-order valence-electron chi connectivity index (χ2n) is 7.92. The second kappa shape index (κ2) is 7.91. The third kappa shape index (κ3) is 3.45. The van der Waals surface area contributed by atoms with Crippen molar-refractivity contribution in [2.75, 3.05) is 13.1 Å². The number of nitrogens with two attached hydrogens (primary N) is 1. The normalized spacial score (nSPS) is 15.5. The average molecular weight is 410 g/mol. The summed E-state index contributed by atoms with van der Waals surface area (Å²) in [5, 5.41) is 18.1. The number of carbonyl (C=O) groups is 1. The van der Waals surface area contributed by atoms with E-state index >= 15 is 0 Å². The van der Waals surface area contributed by atoms with Crippen LogP contribution < -0.4 is 16.5 Å². The SMILES string of the molecule is Cc1cn(C2(Cn3cc(O)c(=O)c(C(=O)NCCN)n3)CCCC2)c2ncccc12. The predicted octanol–water partition coefficient (Wildman–Crippen LogP) is 1.27. The summed E-state index contributed by atoms with van der Waals surface area (Å²) in [6, 6.07) is 3.98. The molecule has 1 aliphatic carbocycles. The smallest absolute Gasteiger partial charge is 0.276 e. The molecule has 1 aliphatic rings. The lowest BCUT2D eigenvalue weighted by atomic mass is 9.97. The lowest BCUT2D eigenvalue weighted by Crippen LogP contribution is -2.38. The van der Waals surface area contributed by atoms with Gasteiger partial charge in [-0.15, -0.1) is 0 Å². The number of pyridine rings is 1. The first-order valence-electron chi connectivity index (χ1n) is 10.2. The van der Waals surface area contributed by atoms with Crippen LogP contribution in [0.3, 0.4) is 0 Å². The van der Waals surface area contributed by atoms with E-state index in [1.54, 1.807) is 6.20 Å². The van der Waals surface area contributed by atoms with Gasteiger partial charge in [0, 0.05) is 30.9 Å². The van der Waals surface area contributed by atoms with Gasteiger partial charge in [0.1, 0.15) is 5.65 Å². The van der Waals surface area contributed by atoms with Crippen LogP contribution in [0.2, 0.25) is 0 Å². The highest BCUT2D eigenvalue weighted by molar-refractivity contribution is 5.92. The number of aromatic nitrogens is 4. The molecular weight excluding hydrogens is 384 g/mol. The Hall–Kier alpha value is -3.20. The number of amides is 1. The minimum Gasteiger partial charge on any atom is -0.503 e. The fourth-order valence-electron chi connectivity index (χ4n) is 4.42. The van der Waals surface area contributed by atoms with Gasteiger partial charge in [0.25, 0.3) is 11.3 Å². The summed E-state index contributed by atoms with van der Waals surface area (Å²) in [5.41, 5.74) is 6.04. The number of rotatable bonds is 6. The highest BCUT2D eigenvalue weighted by Gasteiger charge is 2.38. The standard InChI is InChI=1S/C21H26N6O3/c1-14-11-27(19-15(14)5-4-9-23-19)21(6-2-3-7-21)13-26-12-16(28)18(29)17(25-26)20(30)24-10-8-22/h4-5,9,11-12,28H,2-3,6-8,10,13,22H2,1H3,(H,24,30). The van der Waals surface area contributed by atoms with Gasteiger partial charge in [-0.05, 0) is 37.5 Å². The van der Waals surface area contributed by atoms with Gasteiger partial charge < -0.3 is 20.7 Å². The summed E-state index contributed by atoms with van der Waals surface area (Å²) in [6.45, 7) is 2.94. The molecule has 0 radical (unpaired) electrons. The van der Waals surface area contributed by atoms with Crippen LogP contribution in [0.5, 0.6) is 5.75 Å². The molecule has 9 nitrogen and oxygen atoms in total. The fraction of sp³-hybridized carbons (Fsp3) is 0.429. The molecule has 158 valence electrons. The Kier molecular flexibility index (Phi) is 5.29. The molecule has 9 heteroatoms. The Labute approximate surface area is 173 Å². The molecule has 3 aromatic heterocycles. The van der Waals surface area contributed by atoms with Crippen molar-refractivity contribution >= 4 is 16.9 Å². The van der Waals surface area contributed by atoms with Gasteiger partial charge in [0.2, 0.25) is 0 Å². The van der Waals surface area contributed by atoms with Crippen LogP contribution >= 0.6 is 0 Å². The Bertz CT molecular complexity index is 1140. The second-order valence-corrected chi connectivity index (χ2v) is 7.92. The van der Waals surface area contributed by atoms with Crippen molar-refractivity contribution in [2.24, 2.45) is 5.73 Å². The molecule has 4 rings (SSSR count). The van der Waals surface area contributed by atoms with Crippen molar-refractivity contribution in [3.63, 3.8) is 0 Å². The maximum Gasteiger partial charge on any atom is 0.276 e. The largest absolute Gasteiger partial charge is 0.503 e. The minimum absolute atomic E-state index is 0.222. The van der Waals surface area contributed by atoms with Gasteiger partial charge in [-0.2, -0.15) is 5.10 Å². The number of hydrogen-bond donors (Lipinski definition) is 3. The number of nitrogens with zero attached hydrogens (tertiary/aromatic N) is 4. The van der Waals surface area contributed by atoms with E-state index in [2.05, 4.69) is 39.2 Å². The molecule has 4 N–H and O–H groups in total. The summed E-state index contributed by atoms with van der Waals surface area (Å²) in [7, 11) is 0. The molecule has 0 bridgehead atoms. The third-order valence-electron chi connectivity index (χ3n) is 5.86. The molecule has 0 spiro atoms. The van der Waals surface area contributed by atoms with E-state index < -0.39 is 17.1 Å². The maximum atomic E-state index is 12.3. The van der Waals surface area contributed by atoms with Crippen LogP contribution in [-0.4, -0.2) is 43.4 Å². The number of carbonyl (C=O) groups excluding carboxylic acids is 1. The van der Waals surface area contributed by atoms with Crippen LogP contribution in [0.25, 0.3) is 11.0 Å². The molecule has 0 aromatic carbocycles. The van der Waals surface area contributed by atoms with Gasteiger partial charge in [-0.25, -0.2) is 4.98 Å². The van der Waals surface area contributed by atoms with Crippen LogP contribution in [0.15, 0.2) is 35.5 Å². The lowest BCUT2D eigenvalue weighted by molar-refractivity contribution is 0.0944. The number of aromatic hydroxyl groups is 1. The fourth-order valence-corrected chi connectivity index (χ4v) is 4.42. The number of fused-ring (bicyclic) bond motifs is 1. The third-order valence-corrected chi connectivity index (χ3v) is 5.86. The van der Waals surface area contributed by atoms with Crippen molar-refractivity contribution in [1.29, 1.82) is 0 Å². The van der Waals surface area contributed by atoms with E-state index in [0.29, 0.717) is 6.54 Å². The zero-order valence-corrected chi connectivity index (χ0v) is 17.0. The van der Waals surface area contributed by atoms with E-state index in [1.807, 2.05) is 6.07 Å². The molecule has 0 aliphatic heterocycles. The van der Waals surface area contributed by atoms with Crippen LogP contribution in [0.1, 0.15) is 41.7 Å². The lowest BCUT2D eigenvalue weighted by Gasteiger charge is -2.32. The van der Waals surface area contributed by atoms with Crippen molar-refractivity contribution in [3.8, 4) is 5.75 Å². The summed E-state index contributed by atoms with van der Waals surface area (Å²) in [5.74, 6) is -1.14. The van der Waals surface area contributed by atoms with Crippen LogP contribution in [-0.2, 0) is 12.1 Å². The molecule has 1 saturated carbocycles. The summed E-state index contributed by atoms with van der Waals surface area (Å²) in [6.07, 6.45) is 9.13. The quantitative estimate of drug-likeness (QED) is 0.561. The highest BCUT2D eigenvalue weighted by Crippen LogP contribution is 2.40. The first kappa shape index (κ1) is 20.1. The van der Waals surface area contributed by atoms with Gasteiger partial charge in [-0.1, -0.05) is 12.8 Å². The molecule has 0 saturated heterocycles. The van der Waals surface area contributed by atoms with Gasteiger partial charge >= 0.3 is 0 Å². The van der Waals surface area contributed by atoms with Crippen molar-refractivity contribution in [2.45, 2.75) is 44.7 Å². The number of hydrogen-bond acceptors (Lipinski definition) is 6. The van der Waals surface area contributed by atoms with E-state index in [4.69, 9.17) is 5.73 Å². The average Bonchev–Trinajstić information content (AvgIpc) is 3.34. The van der Waals surface area contributed by atoms with Crippen LogP contribution in [0.4, 0.5) is 0 Å². The molecule has 3 aromatic rings. The van der Waals surface area contributed by atoms with Gasteiger partial charge in [-0.3, -0.25) is 14.3 Å². The van der Waals surface area contributed by atoms with E-state index in [0.717, 1.165) is 42.3 Å². The van der Waals surface area contributed by atoms with Crippen molar-refractivity contribution in [3.05, 3.63) is 52.2 Å². The number of aryl methyl sites for hydroxylation is 1. The van der Waals surface area contributed by atoms with E-state index in [9.17, 15) is 14.7 Å². The first-order chi connectivity index (χ1) is 14.4. The Morgan fingerprint density at radius 1 is 1.33 bits per heavy atom. The van der Waals surface area contributed by atoms with Crippen LogP contribution in [0, 0.1) is 6.92 Å². The molecule has 3 heterocycles. The molecule has 30 heavy (non-hydrogen) atoms. The summed E-state index contributed by atoms with van der Waals surface area (Å²) >= 11 is 0. The van der Waals surface area contributed by atoms with Crippen molar-refractivity contribution in [1.82, 2.24) is 24.6 Å². The van der Waals surface area contributed by atoms with Crippen molar-refractivity contribution < 1.29 is 9.90 Å². The molecule has 0 unspecified atom stereocenters. The zero-order chi connectivity index (χ0) is 21.3. The predicted molar refractivity (Wildman–Crippen MR) is 112 cm³/mol. The van der Waals surface area contributed by atoms with Gasteiger partial charge in [0.15, 0.2) is 11.4 Å². The monoisotopic (exact) mass is 410 g/mol. The minimum atomic E-state index is -0.787. The van der Waals surface area contributed by atoms with E-state index in [-0.39, 0.29) is 24.3 Å². The highest BCUT2D eigenvalue weighted by atomic mass is 16.3.